The van der Waals surface area contributed by atoms with Crippen LogP contribution in [-0.4, -0.2) is 35.3 Å². The van der Waals surface area contributed by atoms with Crippen molar-refractivity contribution in [2.45, 2.75) is 24.9 Å². The first-order valence-corrected chi connectivity index (χ1v) is 8.95. The molecule has 3 atom stereocenters. The SMILES string of the molecule is O=C1NC(c2ccccc2)=N[C@]12CC[C@H]1CN(Cc3ccoc3)C[C@H]12. The molecule has 1 amide bonds. The van der Waals surface area contributed by atoms with Gasteiger partial charge in [0, 0.05) is 36.7 Å². The van der Waals surface area contributed by atoms with Gasteiger partial charge in [-0.2, -0.15) is 0 Å². The van der Waals surface area contributed by atoms with E-state index in [2.05, 4.69) is 10.2 Å². The van der Waals surface area contributed by atoms with Crippen LogP contribution in [0.1, 0.15) is 24.0 Å². The summed E-state index contributed by atoms with van der Waals surface area (Å²) < 4.78 is 5.18. The monoisotopic (exact) mass is 335 g/mol. The summed E-state index contributed by atoms with van der Waals surface area (Å²) in [6.45, 7) is 2.85. The molecule has 25 heavy (non-hydrogen) atoms. The lowest BCUT2D eigenvalue weighted by Crippen LogP contribution is -2.44. The lowest BCUT2D eigenvalue weighted by Gasteiger charge is -2.25. The van der Waals surface area contributed by atoms with Crippen LogP contribution in [0, 0.1) is 11.8 Å². The molecule has 1 aromatic heterocycles. The molecule has 128 valence electrons. The maximum atomic E-state index is 12.9. The van der Waals surface area contributed by atoms with E-state index in [0.717, 1.165) is 43.9 Å². The highest BCUT2D eigenvalue weighted by molar-refractivity contribution is 6.15. The number of carbonyl (C=O) groups excluding carboxylic acids is 1. The number of nitrogens with zero attached hydrogens (tertiary/aromatic N) is 2. The number of likely N-dealkylation sites (tertiary alicyclic amines) is 1. The van der Waals surface area contributed by atoms with Gasteiger partial charge in [0.2, 0.25) is 0 Å². The number of fused-ring (bicyclic) bond motifs is 2. The van der Waals surface area contributed by atoms with Gasteiger partial charge in [-0.25, -0.2) is 0 Å². The second-order valence-corrected chi connectivity index (χ2v) is 7.44. The standard InChI is InChI=1S/C20H21N3O2/c24-19-20(22-18(21-19)15-4-2-1-3-5-15)8-6-16-11-23(12-17(16)20)10-14-7-9-25-13-14/h1-5,7,9,13,16-17H,6,8,10-12H2,(H,21,22,24)/t16-,17+,20-/m0/s1. The fraction of sp³-hybridized carbons (Fsp3) is 0.400. The van der Waals surface area contributed by atoms with Crippen molar-refractivity contribution in [3.05, 3.63) is 60.1 Å². The van der Waals surface area contributed by atoms with E-state index < -0.39 is 5.54 Å². The van der Waals surface area contributed by atoms with Crippen LogP contribution in [0.5, 0.6) is 0 Å². The molecule has 5 heteroatoms. The number of rotatable bonds is 3. The van der Waals surface area contributed by atoms with Crippen molar-refractivity contribution < 1.29 is 9.21 Å². The largest absolute Gasteiger partial charge is 0.472 e. The van der Waals surface area contributed by atoms with Crippen molar-refractivity contribution in [3.63, 3.8) is 0 Å². The number of benzene rings is 1. The highest BCUT2D eigenvalue weighted by atomic mass is 16.3. The molecule has 0 bridgehead atoms. The molecule has 1 N–H and O–H groups in total. The first kappa shape index (κ1) is 14.9. The van der Waals surface area contributed by atoms with Gasteiger partial charge in [0.15, 0.2) is 0 Å². The molecular weight excluding hydrogens is 314 g/mol. The van der Waals surface area contributed by atoms with Gasteiger partial charge < -0.3 is 9.73 Å². The Labute approximate surface area is 146 Å². The number of carbonyl (C=O) groups is 1. The maximum absolute atomic E-state index is 12.9. The van der Waals surface area contributed by atoms with E-state index in [1.54, 1.807) is 12.5 Å². The molecule has 2 fully saturated rings. The molecule has 0 unspecified atom stereocenters. The lowest BCUT2D eigenvalue weighted by molar-refractivity contribution is -0.125. The fourth-order valence-corrected chi connectivity index (χ4v) is 4.80. The number of amidine groups is 1. The third kappa shape index (κ3) is 2.34. The Morgan fingerprint density at radius 1 is 1.24 bits per heavy atom. The quantitative estimate of drug-likeness (QED) is 0.937. The van der Waals surface area contributed by atoms with Crippen LogP contribution in [0.3, 0.4) is 0 Å². The third-order valence-corrected chi connectivity index (χ3v) is 6.00. The maximum Gasteiger partial charge on any atom is 0.253 e. The summed E-state index contributed by atoms with van der Waals surface area (Å²) in [6.07, 6.45) is 5.46. The van der Waals surface area contributed by atoms with Crippen LogP contribution in [0.25, 0.3) is 0 Å². The molecule has 5 nitrogen and oxygen atoms in total. The molecule has 1 saturated heterocycles. The van der Waals surface area contributed by atoms with E-state index in [-0.39, 0.29) is 5.91 Å². The Kier molecular flexibility index (Phi) is 3.31. The van der Waals surface area contributed by atoms with Gasteiger partial charge in [0.25, 0.3) is 5.91 Å². The first-order chi connectivity index (χ1) is 12.2. The minimum Gasteiger partial charge on any atom is -0.472 e. The first-order valence-electron chi connectivity index (χ1n) is 8.95. The fourth-order valence-electron chi connectivity index (χ4n) is 4.80. The van der Waals surface area contributed by atoms with Crippen LogP contribution in [0.2, 0.25) is 0 Å². The molecule has 3 aliphatic rings. The molecule has 1 aromatic carbocycles. The van der Waals surface area contributed by atoms with E-state index in [9.17, 15) is 4.79 Å². The number of furan rings is 1. The Bertz CT molecular complexity index is 815. The van der Waals surface area contributed by atoms with Gasteiger partial charge in [0.1, 0.15) is 11.4 Å². The number of nitrogens with one attached hydrogen (secondary N) is 1. The van der Waals surface area contributed by atoms with Gasteiger partial charge >= 0.3 is 0 Å². The third-order valence-electron chi connectivity index (χ3n) is 6.00. The molecular formula is C20H21N3O2. The summed E-state index contributed by atoms with van der Waals surface area (Å²) in [6, 6.07) is 12.0. The highest BCUT2D eigenvalue weighted by Crippen LogP contribution is 2.49. The normalized spacial score (nSPS) is 31.4. The average Bonchev–Trinajstić information content (AvgIpc) is 3.38. The zero-order valence-corrected chi connectivity index (χ0v) is 14.0. The van der Waals surface area contributed by atoms with E-state index in [1.807, 2.05) is 36.4 Å². The predicted molar refractivity (Wildman–Crippen MR) is 94.1 cm³/mol. The Balaban J connectivity index is 1.40. The van der Waals surface area contributed by atoms with Crippen molar-refractivity contribution in [1.82, 2.24) is 10.2 Å². The van der Waals surface area contributed by atoms with Crippen molar-refractivity contribution in [2.24, 2.45) is 16.8 Å². The second kappa shape index (κ2) is 5.56. The van der Waals surface area contributed by atoms with Gasteiger partial charge in [0.05, 0.1) is 12.5 Å². The van der Waals surface area contributed by atoms with Crippen LogP contribution in [-0.2, 0) is 11.3 Å². The summed E-state index contributed by atoms with van der Waals surface area (Å²) in [7, 11) is 0. The van der Waals surface area contributed by atoms with Gasteiger partial charge in [-0.3, -0.25) is 14.7 Å². The molecule has 5 rings (SSSR count). The Hall–Kier alpha value is -2.40. The van der Waals surface area contributed by atoms with Gasteiger partial charge in [-0.05, 0) is 24.8 Å². The second-order valence-electron chi connectivity index (χ2n) is 7.44. The summed E-state index contributed by atoms with van der Waals surface area (Å²) >= 11 is 0. The number of hydrogen-bond acceptors (Lipinski definition) is 4. The van der Waals surface area contributed by atoms with E-state index in [4.69, 9.17) is 9.41 Å². The van der Waals surface area contributed by atoms with Crippen LogP contribution >= 0.6 is 0 Å². The molecule has 2 aliphatic heterocycles. The van der Waals surface area contributed by atoms with Gasteiger partial charge in [-0.15, -0.1) is 0 Å². The van der Waals surface area contributed by atoms with E-state index >= 15 is 0 Å². The molecule has 3 heterocycles. The summed E-state index contributed by atoms with van der Waals surface area (Å²) in [4.78, 5) is 20.3. The van der Waals surface area contributed by atoms with Crippen LogP contribution in [0.4, 0.5) is 0 Å². The predicted octanol–water partition coefficient (Wildman–Crippen LogP) is 2.44. The number of aliphatic imine (C=N–C) groups is 1. The zero-order valence-electron chi connectivity index (χ0n) is 14.0. The molecule has 1 aliphatic carbocycles. The zero-order chi connectivity index (χ0) is 16.9. The van der Waals surface area contributed by atoms with E-state index in [1.165, 1.54) is 5.56 Å². The average molecular weight is 335 g/mol. The van der Waals surface area contributed by atoms with Crippen LogP contribution in [0.15, 0.2) is 58.3 Å². The summed E-state index contributed by atoms with van der Waals surface area (Å²) in [5, 5.41) is 3.05. The number of amides is 1. The smallest absolute Gasteiger partial charge is 0.253 e. The van der Waals surface area contributed by atoms with Crippen molar-refractivity contribution in [3.8, 4) is 0 Å². The van der Waals surface area contributed by atoms with Crippen molar-refractivity contribution >= 4 is 11.7 Å². The minimum absolute atomic E-state index is 0.0871. The highest BCUT2D eigenvalue weighted by Gasteiger charge is 2.59. The summed E-state index contributed by atoms with van der Waals surface area (Å²) in [5.41, 5.74) is 1.61. The Morgan fingerprint density at radius 2 is 2.12 bits per heavy atom. The van der Waals surface area contributed by atoms with Crippen LogP contribution < -0.4 is 5.32 Å². The molecule has 0 radical (unpaired) electrons. The van der Waals surface area contributed by atoms with Crippen molar-refractivity contribution in [2.75, 3.05) is 13.1 Å². The van der Waals surface area contributed by atoms with Crippen molar-refractivity contribution in [1.29, 1.82) is 0 Å². The van der Waals surface area contributed by atoms with Gasteiger partial charge in [-0.1, -0.05) is 30.3 Å². The molecule has 1 saturated carbocycles. The molecule has 2 aromatic rings. The number of hydrogen-bond donors (Lipinski definition) is 1. The topological polar surface area (TPSA) is 57.8 Å². The van der Waals surface area contributed by atoms with E-state index in [0.29, 0.717) is 11.8 Å². The lowest BCUT2D eigenvalue weighted by atomic mass is 9.85. The molecule has 1 spiro atoms. The minimum atomic E-state index is -0.568. The Morgan fingerprint density at radius 3 is 2.92 bits per heavy atom. The summed E-state index contributed by atoms with van der Waals surface area (Å²) in [5.74, 6) is 1.68.